The monoisotopic (exact) mass is 361 g/mol. The van der Waals surface area contributed by atoms with Crippen LogP contribution in [0.2, 0.25) is 0 Å². The molecule has 1 aliphatic heterocycles. The lowest BCUT2D eigenvalue weighted by atomic mass is 9.90. The van der Waals surface area contributed by atoms with Gasteiger partial charge >= 0.3 is 5.97 Å². The van der Waals surface area contributed by atoms with Crippen LogP contribution < -0.4 is 9.64 Å². The van der Waals surface area contributed by atoms with Crippen molar-refractivity contribution in [1.29, 1.82) is 0 Å². The second-order valence-electron chi connectivity index (χ2n) is 6.05. The van der Waals surface area contributed by atoms with Crippen molar-refractivity contribution in [3.05, 3.63) is 24.3 Å². The summed E-state index contributed by atoms with van der Waals surface area (Å²) in [6.45, 7) is 5.46. The number of imide groups is 1. The highest BCUT2D eigenvalue weighted by molar-refractivity contribution is 6.21. The molecule has 1 heterocycles. The van der Waals surface area contributed by atoms with Gasteiger partial charge in [0.25, 0.3) is 0 Å². The molecule has 1 aromatic carbocycles. The summed E-state index contributed by atoms with van der Waals surface area (Å²) in [5.41, 5.74) is 0.446. The van der Waals surface area contributed by atoms with Gasteiger partial charge in [0.1, 0.15) is 17.5 Å². The fraction of sp³-hybridized carbons (Fsp3) is 0.474. The van der Waals surface area contributed by atoms with E-state index in [0.29, 0.717) is 18.0 Å². The van der Waals surface area contributed by atoms with E-state index in [0.717, 1.165) is 4.90 Å². The molecule has 0 N–H and O–H groups in total. The Morgan fingerprint density at radius 1 is 1.15 bits per heavy atom. The number of amides is 2. The van der Waals surface area contributed by atoms with Crippen LogP contribution in [0.1, 0.15) is 33.6 Å². The zero-order valence-electron chi connectivity index (χ0n) is 15.2. The maximum absolute atomic E-state index is 12.7. The molecule has 2 atom stereocenters. The Labute approximate surface area is 152 Å². The summed E-state index contributed by atoms with van der Waals surface area (Å²) >= 11 is 0. The predicted molar refractivity (Wildman–Crippen MR) is 93.6 cm³/mol. The Morgan fingerprint density at radius 3 is 2.35 bits per heavy atom. The number of hydrogen-bond acceptors (Lipinski definition) is 6. The Kier molecular flexibility index (Phi) is 6.49. The van der Waals surface area contributed by atoms with Crippen LogP contribution >= 0.6 is 0 Å². The van der Waals surface area contributed by atoms with Crippen molar-refractivity contribution in [1.82, 2.24) is 0 Å². The van der Waals surface area contributed by atoms with Gasteiger partial charge in [0.15, 0.2) is 0 Å². The lowest BCUT2D eigenvalue weighted by Crippen LogP contribution is -2.32. The molecule has 0 spiro atoms. The summed E-state index contributed by atoms with van der Waals surface area (Å²) in [6, 6.07) is 6.64. The minimum absolute atomic E-state index is 0.0216. The van der Waals surface area contributed by atoms with Gasteiger partial charge in [-0.25, -0.2) is 0 Å². The van der Waals surface area contributed by atoms with Crippen molar-refractivity contribution in [3.63, 3.8) is 0 Å². The number of carbonyl (C=O) groups is 4. The third kappa shape index (κ3) is 4.28. The van der Waals surface area contributed by atoms with Gasteiger partial charge in [-0.3, -0.25) is 24.1 Å². The van der Waals surface area contributed by atoms with Crippen molar-refractivity contribution in [3.8, 4) is 5.75 Å². The summed E-state index contributed by atoms with van der Waals surface area (Å²) < 4.78 is 10.3. The number of benzene rings is 1. The average Bonchev–Trinajstić information content (AvgIpc) is 2.87. The molecular weight excluding hydrogens is 338 g/mol. The van der Waals surface area contributed by atoms with Crippen LogP contribution in [-0.2, 0) is 23.9 Å². The van der Waals surface area contributed by atoms with Gasteiger partial charge in [-0.1, -0.05) is 0 Å². The summed E-state index contributed by atoms with van der Waals surface area (Å²) in [4.78, 5) is 49.8. The number of anilines is 1. The number of hydrogen-bond donors (Lipinski definition) is 0. The van der Waals surface area contributed by atoms with Crippen LogP contribution in [0, 0.1) is 11.8 Å². The molecule has 7 heteroatoms. The first-order valence-corrected chi connectivity index (χ1v) is 8.65. The van der Waals surface area contributed by atoms with Gasteiger partial charge in [-0.2, -0.15) is 0 Å². The Bertz CT molecular complexity index is 696. The second-order valence-corrected chi connectivity index (χ2v) is 6.05. The van der Waals surface area contributed by atoms with Crippen LogP contribution in [0.15, 0.2) is 24.3 Å². The lowest BCUT2D eigenvalue weighted by molar-refractivity contribution is -0.152. The number of rotatable bonds is 8. The van der Waals surface area contributed by atoms with E-state index in [-0.39, 0.29) is 31.1 Å². The first kappa shape index (κ1) is 19.6. The van der Waals surface area contributed by atoms with Crippen LogP contribution in [0.25, 0.3) is 0 Å². The van der Waals surface area contributed by atoms with E-state index in [1.165, 1.54) is 6.92 Å². The van der Waals surface area contributed by atoms with Crippen LogP contribution in [0.3, 0.4) is 0 Å². The summed E-state index contributed by atoms with van der Waals surface area (Å²) in [5, 5.41) is 0. The lowest BCUT2D eigenvalue weighted by Gasteiger charge is -2.17. The Morgan fingerprint density at radius 2 is 1.81 bits per heavy atom. The smallest absolute Gasteiger partial charge is 0.316 e. The zero-order valence-corrected chi connectivity index (χ0v) is 15.2. The second kappa shape index (κ2) is 8.60. The number of Topliss-reactive ketones (excluding diaryl/α,β-unsaturated/α-hetero) is 1. The molecule has 1 aliphatic rings. The highest BCUT2D eigenvalue weighted by atomic mass is 16.5. The summed E-state index contributed by atoms with van der Waals surface area (Å²) in [7, 11) is 0. The number of carbonyl (C=O) groups excluding carboxylic acids is 4. The molecule has 0 aliphatic carbocycles. The molecule has 2 amide bonds. The van der Waals surface area contributed by atoms with E-state index in [4.69, 9.17) is 9.47 Å². The topological polar surface area (TPSA) is 90.0 Å². The molecule has 2 unspecified atom stereocenters. The molecule has 7 nitrogen and oxygen atoms in total. The molecule has 1 fully saturated rings. The number of ether oxygens (including phenoxy) is 2. The van der Waals surface area contributed by atoms with Gasteiger partial charge in [0.2, 0.25) is 11.8 Å². The summed E-state index contributed by atoms with van der Waals surface area (Å²) in [6.07, 6.45) is -0.0541. The average molecular weight is 361 g/mol. The molecule has 0 aromatic heterocycles. The Hall–Kier alpha value is -2.70. The zero-order chi connectivity index (χ0) is 19.3. The SMILES string of the molecule is CCOC(=O)C(CC1CC(=O)N(c2ccc(OCC)cc2)C1=O)C(C)=O. The molecule has 0 bridgehead atoms. The van der Waals surface area contributed by atoms with E-state index < -0.39 is 23.7 Å². The molecule has 140 valence electrons. The van der Waals surface area contributed by atoms with Gasteiger partial charge in [0, 0.05) is 12.3 Å². The number of esters is 1. The molecule has 0 radical (unpaired) electrons. The minimum Gasteiger partial charge on any atom is -0.494 e. The van der Waals surface area contributed by atoms with E-state index in [1.54, 1.807) is 31.2 Å². The predicted octanol–water partition coefficient (Wildman–Crippen LogP) is 2.12. The molecule has 1 aromatic rings. The molecule has 2 rings (SSSR count). The van der Waals surface area contributed by atoms with Gasteiger partial charge in [-0.15, -0.1) is 0 Å². The van der Waals surface area contributed by atoms with Crippen LogP contribution in [0.4, 0.5) is 5.69 Å². The Balaban J connectivity index is 2.14. The van der Waals surface area contributed by atoms with Crippen LogP contribution in [-0.4, -0.2) is 36.8 Å². The summed E-state index contributed by atoms with van der Waals surface area (Å²) in [5.74, 6) is -2.89. The van der Waals surface area contributed by atoms with Crippen molar-refractivity contribution in [2.24, 2.45) is 11.8 Å². The molecule has 26 heavy (non-hydrogen) atoms. The fourth-order valence-electron chi connectivity index (χ4n) is 2.96. The molecular formula is C19H23NO6. The third-order valence-corrected chi connectivity index (χ3v) is 4.23. The first-order valence-electron chi connectivity index (χ1n) is 8.65. The number of nitrogens with zero attached hydrogens (tertiary/aromatic N) is 1. The van der Waals surface area contributed by atoms with E-state index in [2.05, 4.69) is 0 Å². The molecule has 0 saturated carbocycles. The van der Waals surface area contributed by atoms with Crippen molar-refractivity contribution < 1.29 is 28.7 Å². The first-order chi connectivity index (χ1) is 12.4. The highest BCUT2D eigenvalue weighted by Gasteiger charge is 2.42. The normalized spacial score (nSPS) is 18.0. The fourth-order valence-corrected chi connectivity index (χ4v) is 2.96. The maximum Gasteiger partial charge on any atom is 0.316 e. The highest BCUT2D eigenvalue weighted by Crippen LogP contribution is 2.31. The van der Waals surface area contributed by atoms with Gasteiger partial charge < -0.3 is 9.47 Å². The number of ketones is 1. The van der Waals surface area contributed by atoms with Crippen LogP contribution in [0.5, 0.6) is 5.75 Å². The maximum atomic E-state index is 12.7. The van der Waals surface area contributed by atoms with Crippen molar-refractivity contribution in [2.45, 2.75) is 33.6 Å². The van der Waals surface area contributed by atoms with Gasteiger partial charge in [-0.05, 0) is 51.5 Å². The van der Waals surface area contributed by atoms with Gasteiger partial charge in [0.05, 0.1) is 18.9 Å². The largest absolute Gasteiger partial charge is 0.494 e. The van der Waals surface area contributed by atoms with Crippen molar-refractivity contribution in [2.75, 3.05) is 18.1 Å². The van der Waals surface area contributed by atoms with Crippen molar-refractivity contribution >= 4 is 29.3 Å². The van der Waals surface area contributed by atoms with E-state index in [1.807, 2.05) is 6.92 Å². The minimum atomic E-state index is -1.03. The quantitative estimate of drug-likeness (QED) is 0.400. The standard InChI is InChI=1S/C19H23NO6/c1-4-25-15-8-6-14(7-9-15)20-17(22)11-13(18(20)23)10-16(12(3)21)19(24)26-5-2/h6-9,13,16H,4-5,10-11H2,1-3H3. The van der Waals surface area contributed by atoms with E-state index >= 15 is 0 Å². The third-order valence-electron chi connectivity index (χ3n) is 4.23. The van der Waals surface area contributed by atoms with E-state index in [9.17, 15) is 19.2 Å². The molecule has 1 saturated heterocycles.